The molecular formula is C12H15F3O2. The predicted molar refractivity (Wildman–Crippen MR) is 55.4 cm³/mol. The van der Waals surface area contributed by atoms with E-state index in [0.717, 1.165) is 5.56 Å². The van der Waals surface area contributed by atoms with Crippen molar-refractivity contribution in [1.82, 2.24) is 0 Å². The molecule has 0 aromatic carbocycles. The summed E-state index contributed by atoms with van der Waals surface area (Å²) in [7, 11) is 0. The molecular weight excluding hydrogens is 233 g/mol. The van der Waals surface area contributed by atoms with Gasteiger partial charge in [0.1, 0.15) is 0 Å². The Labute approximate surface area is 97.4 Å². The lowest BCUT2D eigenvalue weighted by molar-refractivity contribution is -0.192. The molecule has 5 heteroatoms. The first-order valence-electron chi connectivity index (χ1n) is 5.69. The van der Waals surface area contributed by atoms with Crippen LogP contribution in [0.3, 0.4) is 0 Å². The largest absolute Gasteiger partial charge is 0.472 e. The van der Waals surface area contributed by atoms with Crippen molar-refractivity contribution in [3.8, 4) is 0 Å². The number of aliphatic hydroxyl groups is 1. The van der Waals surface area contributed by atoms with Crippen LogP contribution in [0.4, 0.5) is 13.2 Å². The summed E-state index contributed by atoms with van der Waals surface area (Å²) in [5.74, 6) is -1.26. The molecule has 1 saturated carbocycles. The van der Waals surface area contributed by atoms with Gasteiger partial charge in [-0.25, -0.2) is 0 Å². The lowest BCUT2D eigenvalue weighted by Crippen LogP contribution is -2.39. The molecule has 0 saturated heterocycles. The fourth-order valence-electron chi connectivity index (χ4n) is 2.43. The number of hydrogen-bond donors (Lipinski definition) is 1. The molecule has 1 N–H and O–H groups in total. The van der Waals surface area contributed by atoms with Crippen LogP contribution in [0.5, 0.6) is 0 Å². The summed E-state index contributed by atoms with van der Waals surface area (Å²) in [5.41, 5.74) is -0.177. The average Bonchev–Trinajstić information content (AvgIpc) is 2.68. The summed E-state index contributed by atoms with van der Waals surface area (Å²) in [6, 6.07) is 1.73. The summed E-state index contributed by atoms with van der Waals surface area (Å²) in [6.45, 7) is 0. The van der Waals surface area contributed by atoms with E-state index in [0.29, 0.717) is 6.42 Å². The maximum Gasteiger partial charge on any atom is 0.391 e. The second-order valence-electron chi connectivity index (χ2n) is 4.85. The zero-order valence-corrected chi connectivity index (χ0v) is 9.33. The number of rotatable bonds is 2. The summed E-state index contributed by atoms with van der Waals surface area (Å²) in [6.07, 6.45) is -0.320. The molecule has 1 aromatic rings. The van der Waals surface area contributed by atoms with Gasteiger partial charge in [-0.2, -0.15) is 13.2 Å². The van der Waals surface area contributed by atoms with E-state index in [1.807, 2.05) is 0 Å². The summed E-state index contributed by atoms with van der Waals surface area (Å²) in [4.78, 5) is 0. The van der Waals surface area contributed by atoms with E-state index < -0.39 is 17.7 Å². The minimum Gasteiger partial charge on any atom is -0.472 e. The van der Waals surface area contributed by atoms with Crippen LogP contribution in [0.15, 0.2) is 23.0 Å². The van der Waals surface area contributed by atoms with Gasteiger partial charge in [-0.05, 0) is 37.3 Å². The van der Waals surface area contributed by atoms with E-state index >= 15 is 0 Å². The smallest absolute Gasteiger partial charge is 0.391 e. The number of alkyl halides is 3. The van der Waals surface area contributed by atoms with Crippen molar-refractivity contribution in [3.05, 3.63) is 24.2 Å². The van der Waals surface area contributed by atoms with Crippen LogP contribution >= 0.6 is 0 Å². The molecule has 1 heterocycles. The van der Waals surface area contributed by atoms with Crippen molar-refractivity contribution in [1.29, 1.82) is 0 Å². The van der Waals surface area contributed by atoms with Crippen LogP contribution in [0.25, 0.3) is 0 Å². The molecule has 0 aliphatic heterocycles. The third-order valence-electron chi connectivity index (χ3n) is 3.49. The van der Waals surface area contributed by atoms with Crippen molar-refractivity contribution in [3.63, 3.8) is 0 Å². The molecule has 0 unspecified atom stereocenters. The number of halogens is 3. The van der Waals surface area contributed by atoms with E-state index in [2.05, 4.69) is 0 Å². The number of hydrogen-bond acceptors (Lipinski definition) is 2. The van der Waals surface area contributed by atoms with Crippen molar-refractivity contribution >= 4 is 0 Å². The molecule has 1 aromatic heterocycles. The van der Waals surface area contributed by atoms with Gasteiger partial charge in [0.05, 0.1) is 24.0 Å². The highest BCUT2D eigenvalue weighted by atomic mass is 19.4. The molecule has 1 fully saturated rings. The van der Waals surface area contributed by atoms with Crippen molar-refractivity contribution in [2.24, 2.45) is 5.92 Å². The van der Waals surface area contributed by atoms with Crippen LogP contribution in [0.1, 0.15) is 31.2 Å². The van der Waals surface area contributed by atoms with Gasteiger partial charge >= 0.3 is 6.18 Å². The summed E-state index contributed by atoms with van der Waals surface area (Å²) in [5, 5.41) is 10.2. The van der Waals surface area contributed by atoms with E-state index in [4.69, 9.17) is 4.42 Å². The van der Waals surface area contributed by atoms with E-state index in [1.54, 1.807) is 6.07 Å². The van der Waals surface area contributed by atoms with Crippen molar-refractivity contribution in [2.75, 3.05) is 0 Å². The zero-order chi connectivity index (χ0) is 12.5. The highest BCUT2D eigenvalue weighted by Gasteiger charge is 2.45. The van der Waals surface area contributed by atoms with Crippen LogP contribution in [-0.4, -0.2) is 16.9 Å². The Balaban J connectivity index is 1.93. The molecule has 0 amide bonds. The quantitative estimate of drug-likeness (QED) is 0.871. The SMILES string of the molecule is OC1(Cc2ccoc2)CCC(C(F)(F)F)CC1. The molecule has 1 aliphatic rings. The van der Waals surface area contributed by atoms with Gasteiger partial charge in [0.25, 0.3) is 0 Å². The van der Waals surface area contributed by atoms with Crippen LogP contribution in [0, 0.1) is 5.92 Å². The van der Waals surface area contributed by atoms with Gasteiger partial charge in [0.15, 0.2) is 0 Å². The Hall–Kier alpha value is -0.970. The Kier molecular flexibility index (Phi) is 3.21. The van der Waals surface area contributed by atoms with Crippen molar-refractivity contribution < 1.29 is 22.7 Å². The Morgan fingerprint density at radius 1 is 1.35 bits per heavy atom. The fourth-order valence-corrected chi connectivity index (χ4v) is 2.43. The van der Waals surface area contributed by atoms with Gasteiger partial charge < -0.3 is 9.52 Å². The molecule has 0 spiro atoms. The standard InChI is InChI=1S/C12H15F3O2/c13-12(14,15)10-1-4-11(16,5-2-10)7-9-3-6-17-8-9/h3,6,8,10,16H,1-2,4-5,7H2. The first-order chi connectivity index (χ1) is 7.89. The highest BCUT2D eigenvalue weighted by Crippen LogP contribution is 2.42. The van der Waals surface area contributed by atoms with Gasteiger partial charge in [-0.15, -0.1) is 0 Å². The minimum atomic E-state index is -4.13. The fraction of sp³-hybridized carbons (Fsp3) is 0.667. The first-order valence-corrected chi connectivity index (χ1v) is 5.69. The number of furan rings is 1. The lowest BCUT2D eigenvalue weighted by atomic mass is 9.76. The second kappa shape index (κ2) is 4.37. The third-order valence-corrected chi connectivity index (χ3v) is 3.49. The van der Waals surface area contributed by atoms with Gasteiger partial charge in [0.2, 0.25) is 0 Å². The van der Waals surface area contributed by atoms with E-state index in [1.165, 1.54) is 12.5 Å². The Morgan fingerprint density at radius 3 is 2.47 bits per heavy atom. The van der Waals surface area contributed by atoms with Gasteiger partial charge in [0, 0.05) is 6.42 Å². The van der Waals surface area contributed by atoms with Crippen LogP contribution in [-0.2, 0) is 6.42 Å². The summed E-state index contributed by atoms with van der Waals surface area (Å²) >= 11 is 0. The normalized spacial score (nSPS) is 30.5. The summed E-state index contributed by atoms with van der Waals surface area (Å²) < 4.78 is 42.3. The Morgan fingerprint density at radius 2 is 2.00 bits per heavy atom. The molecule has 0 bridgehead atoms. The predicted octanol–water partition coefficient (Wildman–Crippen LogP) is 3.31. The topological polar surface area (TPSA) is 33.4 Å². The second-order valence-corrected chi connectivity index (χ2v) is 4.85. The lowest BCUT2D eigenvalue weighted by Gasteiger charge is -2.36. The minimum absolute atomic E-state index is 0.0118. The molecule has 0 radical (unpaired) electrons. The van der Waals surface area contributed by atoms with Crippen molar-refractivity contribution in [2.45, 2.75) is 43.9 Å². The van der Waals surface area contributed by atoms with Gasteiger partial charge in [-0.3, -0.25) is 0 Å². The first kappa shape index (κ1) is 12.5. The maximum absolute atomic E-state index is 12.5. The molecule has 2 nitrogen and oxygen atoms in total. The molecule has 17 heavy (non-hydrogen) atoms. The maximum atomic E-state index is 12.5. The van der Waals surface area contributed by atoms with Gasteiger partial charge in [-0.1, -0.05) is 0 Å². The molecule has 0 atom stereocenters. The zero-order valence-electron chi connectivity index (χ0n) is 9.33. The van der Waals surface area contributed by atoms with Crippen LogP contribution < -0.4 is 0 Å². The monoisotopic (exact) mass is 248 g/mol. The average molecular weight is 248 g/mol. The van der Waals surface area contributed by atoms with E-state index in [9.17, 15) is 18.3 Å². The third kappa shape index (κ3) is 3.03. The highest BCUT2D eigenvalue weighted by molar-refractivity contribution is 5.10. The van der Waals surface area contributed by atoms with Crippen LogP contribution in [0.2, 0.25) is 0 Å². The molecule has 96 valence electrons. The van der Waals surface area contributed by atoms with E-state index in [-0.39, 0.29) is 25.7 Å². The Bertz CT molecular complexity index is 348. The molecule has 1 aliphatic carbocycles. The molecule has 2 rings (SSSR count).